The lowest BCUT2D eigenvalue weighted by Gasteiger charge is -2.23. The van der Waals surface area contributed by atoms with Crippen LogP contribution in [0, 0.1) is 6.92 Å². The zero-order chi connectivity index (χ0) is 25.7. The number of likely N-dealkylation sites (N-methyl/N-ethyl adjacent to an activating group) is 1. The fourth-order valence-electron chi connectivity index (χ4n) is 4.48. The van der Waals surface area contributed by atoms with Crippen LogP contribution in [-0.4, -0.2) is 55.1 Å². The number of nitrogens with zero attached hydrogens (tertiary/aromatic N) is 3. The number of rotatable bonds is 10. The summed E-state index contributed by atoms with van der Waals surface area (Å²) < 4.78 is 18.5. The van der Waals surface area contributed by atoms with Crippen molar-refractivity contribution < 1.29 is 19.0 Å². The highest BCUT2D eigenvalue weighted by Crippen LogP contribution is 2.35. The van der Waals surface area contributed by atoms with Crippen LogP contribution < -0.4 is 14.2 Å². The summed E-state index contributed by atoms with van der Waals surface area (Å²) in [7, 11) is 6.74. The minimum Gasteiger partial charge on any atom is -0.496 e. The first kappa shape index (κ1) is 25.1. The summed E-state index contributed by atoms with van der Waals surface area (Å²) in [5.41, 5.74) is 4.99. The molecule has 2 heterocycles. The van der Waals surface area contributed by atoms with Gasteiger partial charge in [-0.1, -0.05) is 24.3 Å². The van der Waals surface area contributed by atoms with Gasteiger partial charge < -0.3 is 23.5 Å². The van der Waals surface area contributed by atoms with Gasteiger partial charge in [-0.05, 0) is 54.8 Å². The lowest BCUT2D eigenvalue weighted by Crippen LogP contribution is -2.30. The molecule has 0 saturated carbocycles. The molecule has 0 spiro atoms. The number of benzene rings is 2. The van der Waals surface area contributed by atoms with Crippen molar-refractivity contribution in [2.24, 2.45) is 0 Å². The normalized spacial score (nSPS) is 11.8. The van der Waals surface area contributed by atoms with E-state index in [2.05, 4.69) is 15.5 Å². The maximum absolute atomic E-state index is 13.5. The average Bonchev–Trinajstić information content (AvgIpc) is 3.32. The molecule has 7 nitrogen and oxygen atoms in total. The van der Waals surface area contributed by atoms with E-state index in [-0.39, 0.29) is 11.8 Å². The lowest BCUT2D eigenvalue weighted by molar-refractivity contribution is -0.130. The summed E-state index contributed by atoms with van der Waals surface area (Å²) in [6.07, 6.45) is 4.88. The number of aromatic nitrogens is 2. The number of amides is 1. The summed E-state index contributed by atoms with van der Waals surface area (Å²) in [4.78, 5) is 19.9. The summed E-state index contributed by atoms with van der Waals surface area (Å²) >= 11 is 0. The van der Waals surface area contributed by atoms with Gasteiger partial charge in [0.15, 0.2) is 11.5 Å². The molecule has 0 aliphatic rings. The van der Waals surface area contributed by atoms with Gasteiger partial charge in [-0.25, -0.2) is 4.98 Å². The third-order valence-electron chi connectivity index (χ3n) is 6.56. The number of fused-ring (bicyclic) bond motifs is 1. The molecule has 4 rings (SSSR count). The highest BCUT2D eigenvalue weighted by molar-refractivity contribution is 5.77. The summed E-state index contributed by atoms with van der Waals surface area (Å²) in [5, 5.41) is 0. The minimum absolute atomic E-state index is 0.0495. The molecule has 36 heavy (non-hydrogen) atoms. The predicted octanol–water partition coefficient (Wildman–Crippen LogP) is 4.89. The highest BCUT2D eigenvalue weighted by Gasteiger charge is 2.26. The molecule has 2 aromatic carbocycles. The molecule has 0 N–H and O–H groups in total. The van der Waals surface area contributed by atoms with Crippen molar-refractivity contribution in [2.45, 2.75) is 25.7 Å². The van der Waals surface area contributed by atoms with Gasteiger partial charge in [0.25, 0.3) is 0 Å². The Hall–Kier alpha value is -4.00. The summed E-state index contributed by atoms with van der Waals surface area (Å²) in [5.74, 6) is 1.96. The Morgan fingerprint density at radius 1 is 0.972 bits per heavy atom. The number of carbonyl (C=O) groups is 1. The van der Waals surface area contributed by atoms with Gasteiger partial charge in [-0.15, -0.1) is 0 Å². The van der Waals surface area contributed by atoms with Gasteiger partial charge in [0.2, 0.25) is 5.91 Å². The third-order valence-corrected chi connectivity index (χ3v) is 6.56. The highest BCUT2D eigenvalue weighted by atomic mass is 16.5. The van der Waals surface area contributed by atoms with Crippen LogP contribution >= 0.6 is 0 Å². The molecule has 7 heteroatoms. The van der Waals surface area contributed by atoms with Gasteiger partial charge in [0.1, 0.15) is 11.4 Å². The van der Waals surface area contributed by atoms with E-state index in [4.69, 9.17) is 14.2 Å². The third kappa shape index (κ3) is 5.30. The number of carbonyl (C=O) groups excluding carboxylic acids is 1. The van der Waals surface area contributed by atoms with Crippen molar-refractivity contribution in [3.63, 3.8) is 0 Å². The molecule has 0 fully saturated rings. The molecule has 0 aliphatic heterocycles. The number of aryl methyl sites for hydroxylation is 1. The number of hydrogen-bond donors (Lipinski definition) is 0. The first-order valence-corrected chi connectivity index (χ1v) is 12.0. The van der Waals surface area contributed by atoms with Crippen LogP contribution in [-0.2, 0) is 11.2 Å². The molecular weight excluding hydrogens is 454 g/mol. The van der Waals surface area contributed by atoms with Crippen LogP contribution in [0.5, 0.6) is 17.2 Å². The lowest BCUT2D eigenvalue weighted by atomic mass is 9.91. The predicted molar refractivity (Wildman–Crippen MR) is 140 cm³/mol. The molecular formula is C29H33N3O4. The standard InChI is InChI=1S/C29H33N3O4/c1-20-12-15-32-24(19-30-28(32)16-20)23(22-8-6-7-9-25(22)34-3)18-29(33)31(2)14-13-21-10-11-26(35-4)27(17-21)36-5/h6-12,15-17,19,23H,13-14,18H2,1-5H3. The average molecular weight is 488 g/mol. The topological polar surface area (TPSA) is 65.3 Å². The van der Waals surface area contributed by atoms with E-state index in [0.717, 1.165) is 33.8 Å². The van der Waals surface area contributed by atoms with Crippen molar-refractivity contribution in [3.8, 4) is 17.2 Å². The van der Waals surface area contributed by atoms with Crippen LogP contribution in [0.3, 0.4) is 0 Å². The maximum atomic E-state index is 13.5. The van der Waals surface area contributed by atoms with Crippen LogP contribution in [0.15, 0.2) is 67.0 Å². The molecule has 2 aromatic heterocycles. The Bertz CT molecular complexity index is 1350. The molecule has 1 atom stereocenters. The van der Waals surface area contributed by atoms with Gasteiger partial charge in [-0.3, -0.25) is 4.79 Å². The van der Waals surface area contributed by atoms with Crippen LogP contribution in [0.2, 0.25) is 0 Å². The van der Waals surface area contributed by atoms with Gasteiger partial charge in [0.05, 0.1) is 27.0 Å². The van der Waals surface area contributed by atoms with E-state index in [0.29, 0.717) is 30.9 Å². The fourth-order valence-corrected chi connectivity index (χ4v) is 4.48. The molecule has 0 radical (unpaired) electrons. The van der Waals surface area contributed by atoms with Crippen molar-refractivity contribution >= 4 is 11.6 Å². The molecule has 0 saturated heterocycles. The zero-order valence-corrected chi connectivity index (χ0v) is 21.5. The molecule has 0 bridgehead atoms. The van der Waals surface area contributed by atoms with Crippen molar-refractivity contribution in [1.29, 1.82) is 0 Å². The fraction of sp³-hybridized carbons (Fsp3) is 0.310. The number of imidazole rings is 1. The summed E-state index contributed by atoms with van der Waals surface area (Å²) in [6.45, 7) is 2.63. The minimum atomic E-state index is -0.213. The second kappa shape index (κ2) is 11.2. The van der Waals surface area contributed by atoms with Crippen LogP contribution in [0.4, 0.5) is 0 Å². The Morgan fingerprint density at radius 2 is 1.72 bits per heavy atom. The number of ether oxygens (including phenoxy) is 3. The maximum Gasteiger partial charge on any atom is 0.223 e. The quantitative estimate of drug-likeness (QED) is 0.319. The molecule has 188 valence electrons. The second-order valence-electron chi connectivity index (χ2n) is 8.87. The smallest absolute Gasteiger partial charge is 0.223 e. The van der Waals surface area contributed by atoms with Gasteiger partial charge >= 0.3 is 0 Å². The largest absolute Gasteiger partial charge is 0.496 e. The number of hydrogen-bond acceptors (Lipinski definition) is 5. The van der Waals surface area contributed by atoms with Crippen LogP contribution in [0.25, 0.3) is 5.65 Å². The molecule has 4 aromatic rings. The van der Waals surface area contributed by atoms with E-state index >= 15 is 0 Å². The molecule has 0 aliphatic carbocycles. The number of pyridine rings is 1. The summed E-state index contributed by atoms with van der Waals surface area (Å²) in [6, 6.07) is 17.8. The van der Waals surface area contributed by atoms with Gasteiger partial charge in [-0.2, -0.15) is 0 Å². The Morgan fingerprint density at radius 3 is 2.47 bits per heavy atom. The first-order valence-electron chi connectivity index (χ1n) is 12.0. The van der Waals surface area contributed by atoms with E-state index in [1.54, 1.807) is 26.2 Å². The Kier molecular flexibility index (Phi) is 7.78. The van der Waals surface area contributed by atoms with E-state index in [1.165, 1.54) is 0 Å². The molecule has 1 amide bonds. The number of para-hydroxylation sites is 1. The Labute approximate surface area is 212 Å². The van der Waals surface area contributed by atoms with Crippen molar-refractivity contribution in [3.05, 3.63) is 89.4 Å². The van der Waals surface area contributed by atoms with Crippen molar-refractivity contribution in [2.75, 3.05) is 34.9 Å². The first-order chi connectivity index (χ1) is 17.4. The zero-order valence-electron chi connectivity index (χ0n) is 21.5. The van der Waals surface area contributed by atoms with E-state index in [1.807, 2.05) is 74.9 Å². The number of methoxy groups -OCH3 is 3. The van der Waals surface area contributed by atoms with Crippen LogP contribution in [0.1, 0.15) is 34.7 Å². The molecule has 1 unspecified atom stereocenters. The Balaban J connectivity index is 1.57. The SMILES string of the molecule is COc1ccc(CCN(C)C(=O)CC(c2ccccc2OC)c2cnc3cc(C)ccn23)cc1OC. The second-order valence-corrected chi connectivity index (χ2v) is 8.87. The van der Waals surface area contributed by atoms with E-state index < -0.39 is 0 Å². The monoisotopic (exact) mass is 487 g/mol. The van der Waals surface area contributed by atoms with E-state index in [9.17, 15) is 4.79 Å². The van der Waals surface area contributed by atoms with Crippen molar-refractivity contribution in [1.82, 2.24) is 14.3 Å². The van der Waals surface area contributed by atoms with Gasteiger partial charge in [0, 0.05) is 43.9 Å².